The van der Waals surface area contributed by atoms with Gasteiger partial charge in [-0.1, -0.05) is 24.3 Å². The van der Waals surface area contributed by atoms with Crippen LogP contribution in [0, 0.1) is 0 Å². The number of hydrogen-bond donors (Lipinski definition) is 2. The van der Waals surface area contributed by atoms with Crippen molar-refractivity contribution in [3.63, 3.8) is 0 Å². The zero-order chi connectivity index (χ0) is 12.3. The highest BCUT2D eigenvalue weighted by Crippen LogP contribution is 2.22. The summed E-state index contributed by atoms with van der Waals surface area (Å²) in [5.74, 6) is 0. The molecule has 0 unspecified atom stereocenters. The molecular weight excluding hydrogens is 214 g/mol. The van der Waals surface area contributed by atoms with Crippen LogP contribution in [0.2, 0.25) is 0 Å². The van der Waals surface area contributed by atoms with E-state index in [0.717, 1.165) is 11.1 Å². The fourth-order valence-corrected chi connectivity index (χ4v) is 2.05. The SMILES string of the molecule is Cn1cc(/C=C(\CO)CCO)c2ccccc21. The molecule has 90 valence electrons. The van der Waals surface area contributed by atoms with Gasteiger partial charge in [0.1, 0.15) is 0 Å². The molecule has 0 aliphatic carbocycles. The van der Waals surface area contributed by atoms with Crippen LogP contribution in [0.4, 0.5) is 0 Å². The zero-order valence-corrected chi connectivity index (χ0v) is 9.93. The fraction of sp³-hybridized carbons (Fsp3) is 0.286. The third-order valence-electron chi connectivity index (χ3n) is 2.92. The molecule has 0 aliphatic heterocycles. The summed E-state index contributed by atoms with van der Waals surface area (Å²) in [6.45, 7) is 0.0565. The van der Waals surface area contributed by atoms with Crippen molar-refractivity contribution in [3.05, 3.63) is 41.6 Å². The number of aryl methyl sites for hydroxylation is 1. The van der Waals surface area contributed by atoms with Gasteiger partial charge in [0.15, 0.2) is 0 Å². The summed E-state index contributed by atoms with van der Waals surface area (Å²) >= 11 is 0. The van der Waals surface area contributed by atoms with Gasteiger partial charge in [-0.15, -0.1) is 0 Å². The number of aromatic nitrogens is 1. The molecule has 1 heterocycles. The largest absolute Gasteiger partial charge is 0.396 e. The van der Waals surface area contributed by atoms with E-state index >= 15 is 0 Å². The van der Waals surface area contributed by atoms with E-state index < -0.39 is 0 Å². The lowest BCUT2D eigenvalue weighted by Gasteiger charge is -2.00. The summed E-state index contributed by atoms with van der Waals surface area (Å²) in [4.78, 5) is 0. The van der Waals surface area contributed by atoms with Gasteiger partial charge in [-0.2, -0.15) is 0 Å². The number of nitrogens with zero attached hydrogens (tertiary/aromatic N) is 1. The standard InChI is InChI=1S/C14H17NO2/c1-15-9-12(8-11(10-17)6-7-16)13-4-2-3-5-14(13)15/h2-5,8-9,16-17H,6-7,10H2,1H3/b11-8-. The molecule has 0 spiro atoms. The van der Waals surface area contributed by atoms with Crippen molar-refractivity contribution in [3.8, 4) is 0 Å². The summed E-state index contributed by atoms with van der Waals surface area (Å²) in [5, 5.41) is 19.3. The topological polar surface area (TPSA) is 45.4 Å². The zero-order valence-electron chi connectivity index (χ0n) is 9.93. The third kappa shape index (κ3) is 2.40. The Morgan fingerprint density at radius 1 is 1.29 bits per heavy atom. The Morgan fingerprint density at radius 3 is 2.76 bits per heavy atom. The highest BCUT2D eigenvalue weighted by Gasteiger charge is 2.04. The quantitative estimate of drug-likeness (QED) is 0.844. The molecule has 0 bridgehead atoms. The van der Waals surface area contributed by atoms with Crippen LogP contribution in [-0.2, 0) is 7.05 Å². The van der Waals surface area contributed by atoms with Crippen LogP contribution in [0.15, 0.2) is 36.0 Å². The summed E-state index contributed by atoms with van der Waals surface area (Å²) in [7, 11) is 2.00. The Bertz CT molecular complexity index is 540. The van der Waals surface area contributed by atoms with Gasteiger partial charge in [0.2, 0.25) is 0 Å². The molecule has 0 saturated carbocycles. The molecule has 0 atom stereocenters. The Hall–Kier alpha value is -1.58. The molecule has 0 amide bonds. The average molecular weight is 231 g/mol. The molecular formula is C14H17NO2. The monoisotopic (exact) mass is 231 g/mol. The van der Waals surface area contributed by atoms with E-state index in [-0.39, 0.29) is 13.2 Å². The van der Waals surface area contributed by atoms with E-state index in [1.165, 1.54) is 10.9 Å². The van der Waals surface area contributed by atoms with Gasteiger partial charge in [-0.05, 0) is 23.6 Å². The molecule has 0 radical (unpaired) electrons. The molecule has 1 aromatic heterocycles. The number of rotatable bonds is 4. The minimum Gasteiger partial charge on any atom is -0.396 e. The van der Waals surface area contributed by atoms with E-state index in [1.807, 2.05) is 31.5 Å². The van der Waals surface area contributed by atoms with E-state index in [1.54, 1.807) is 0 Å². The van der Waals surface area contributed by atoms with Crippen LogP contribution in [0.5, 0.6) is 0 Å². The van der Waals surface area contributed by atoms with Gasteiger partial charge in [0.05, 0.1) is 6.61 Å². The molecule has 2 aromatic rings. The minimum atomic E-state index is -0.0101. The molecule has 3 heteroatoms. The van der Waals surface area contributed by atoms with Crippen LogP contribution in [0.25, 0.3) is 17.0 Å². The highest BCUT2D eigenvalue weighted by molar-refractivity contribution is 5.89. The molecule has 1 aromatic carbocycles. The van der Waals surface area contributed by atoms with Crippen LogP contribution in [-0.4, -0.2) is 28.0 Å². The molecule has 3 nitrogen and oxygen atoms in total. The lowest BCUT2D eigenvalue weighted by atomic mass is 10.1. The third-order valence-corrected chi connectivity index (χ3v) is 2.92. The molecule has 0 fully saturated rings. The fourth-order valence-electron chi connectivity index (χ4n) is 2.05. The predicted molar refractivity (Wildman–Crippen MR) is 69.7 cm³/mol. The first-order valence-electron chi connectivity index (χ1n) is 5.71. The summed E-state index contributed by atoms with van der Waals surface area (Å²) in [6.07, 6.45) is 4.51. The Morgan fingerprint density at radius 2 is 2.06 bits per heavy atom. The maximum absolute atomic E-state index is 9.21. The first-order valence-corrected chi connectivity index (χ1v) is 5.71. The maximum atomic E-state index is 9.21. The van der Waals surface area contributed by atoms with E-state index in [4.69, 9.17) is 5.11 Å². The van der Waals surface area contributed by atoms with Crippen molar-refractivity contribution < 1.29 is 10.2 Å². The smallest absolute Gasteiger partial charge is 0.0645 e. The van der Waals surface area contributed by atoms with Crippen LogP contribution in [0.3, 0.4) is 0 Å². The number of hydrogen-bond acceptors (Lipinski definition) is 2. The average Bonchev–Trinajstić information content (AvgIpc) is 2.66. The van der Waals surface area contributed by atoms with Gasteiger partial charge in [0, 0.05) is 30.8 Å². The number of fused-ring (bicyclic) bond motifs is 1. The molecule has 0 saturated heterocycles. The van der Waals surface area contributed by atoms with Gasteiger partial charge in [-0.3, -0.25) is 0 Å². The second-order valence-corrected chi connectivity index (χ2v) is 4.15. The molecule has 2 N–H and O–H groups in total. The van der Waals surface area contributed by atoms with Crippen LogP contribution >= 0.6 is 0 Å². The molecule has 17 heavy (non-hydrogen) atoms. The predicted octanol–water partition coefficient (Wildman–Crippen LogP) is 1.94. The van der Waals surface area contributed by atoms with Gasteiger partial charge in [-0.25, -0.2) is 0 Å². The Balaban J connectivity index is 2.48. The van der Waals surface area contributed by atoms with Crippen molar-refractivity contribution in [1.82, 2.24) is 4.57 Å². The highest BCUT2D eigenvalue weighted by atomic mass is 16.3. The van der Waals surface area contributed by atoms with E-state index in [2.05, 4.69) is 16.7 Å². The first-order chi connectivity index (χ1) is 8.26. The first kappa shape index (κ1) is 11.9. The van der Waals surface area contributed by atoms with Crippen LogP contribution < -0.4 is 0 Å². The van der Waals surface area contributed by atoms with Crippen molar-refractivity contribution in [2.75, 3.05) is 13.2 Å². The summed E-state index contributed by atoms with van der Waals surface area (Å²) in [6, 6.07) is 8.15. The summed E-state index contributed by atoms with van der Waals surface area (Å²) in [5.41, 5.74) is 3.10. The van der Waals surface area contributed by atoms with Crippen LogP contribution in [0.1, 0.15) is 12.0 Å². The summed E-state index contributed by atoms with van der Waals surface area (Å²) < 4.78 is 2.06. The number of para-hydroxylation sites is 1. The Labute approximate surface area is 101 Å². The van der Waals surface area contributed by atoms with Gasteiger partial charge >= 0.3 is 0 Å². The number of aliphatic hydroxyl groups is 2. The van der Waals surface area contributed by atoms with Gasteiger partial charge in [0.25, 0.3) is 0 Å². The molecule has 0 aliphatic rings. The van der Waals surface area contributed by atoms with E-state index in [0.29, 0.717) is 6.42 Å². The number of aliphatic hydroxyl groups excluding tert-OH is 2. The van der Waals surface area contributed by atoms with Gasteiger partial charge < -0.3 is 14.8 Å². The van der Waals surface area contributed by atoms with Crippen molar-refractivity contribution >= 4 is 17.0 Å². The van der Waals surface area contributed by atoms with E-state index in [9.17, 15) is 5.11 Å². The van der Waals surface area contributed by atoms with Crippen molar-refractivity contribution in [1.29, 1.82) is 0 Å². The van der Waals surface area contributed by atoms with Crippen molar-refractivity contribution in [2.24, 2.45) is 7.05 Å². The Kier molecular flexibility index (Phi) is 3.61. The minimum absolute atomic E-state index is 0.0101. The molecule has 2 rings (SSSR count). The normalized spacial score (nSPS) is 12.3. The second kappa shape index (κ2) is 5.17. The second-order valence-electron chi connectivity index (χ2n) is 4.15. The number of benzene rings is 1. The lowest BCUT2D eigenvalue weighted by Crippen LogP contribution is -1.93. The maximum Gasteiger partial charge on any atom is 0.0645 e. The van der Waals surface area contributed by atoms with Crippen molar-refractivity contribution in [2.45, 2.75) is 6.42 Å². The lowest BCUT2D eigenvalue weighted by molar-refractivity contribution is 0.279.